The molecular formula is C14H9FN4S. The second kappa shape index (κ2) is 5.28. The Labute approximate surface area is 118 Å². The van der Waals surface area contributed by atoms with Gasteiger partial charge in [-0.05, 0) is 39.1 Å². The SMILES string of the molecule is [N-]=[N+]=NCc1cnc(F)cc1-c1cccc2ccsc12. The molecule has 0 spiro atoms. The lowest BCUT2D eigenvalue weighted by atomic mass is 10.0. The number of thiophene rings is 1. The van der Waals surface area contributed by atoms with Crippen LogP contribution in [0.15, 0.2) is 47.0 Å². The third-order valence-electron chi connectivity index (χ3n) is 3.03. The topological polar surface area (TPSA) is 61.7 Å². The molecule has 1 aromatic carbocycles. The molecule has 2 heterocycles. The molecule has 0 aliphatic carbocycles. The van der Waals surface area contributed by atoms with Gasteiger partial charge >= 0.3 is 0 Å². The first-order chi connectivity index (χ1) is 9.79. The third kappa shape index (κ3) is 2.22. The van der Waals surface area contributed by atoms with Crippen molar-refractivity contribution in [2.45, 2.75) is 6.54 Å². The lowest BCUT2D eigenvalue weighted by molar-refractivity contribution is 0.583. The Balaban J connectivity index is 2.24. The number of benzene rings is 1. The molecule has 0 fully saturated rings. The highest BCUT2D eigenvalue weighted by atomic mass is 32.1. The van der Waals surface area contributed by atoms with E-state index in [1.54, 1.807) is 11.3 Å². The van der Waals surface area contributed by atoms with E-state index in [9.17, 15) is 4.39 Å². The summed E-state index contributed by atoms with van der Waals surface area (Å²) in [6.45, 7) is 0.154. The zero-order valence-electron chi connectivity index (χ0n) is 10.3. The lowest BCUT2D eigenvalue weighted by Crippen LogP contribution is -1.93. The number of fused-ring (bicyclic) bond motifs is 1. The number of aromatic nitrogens is 1. The van der Waals surface area contributed by atoms with E-state index in [1.807, 2.05) is 29.6 Å². The van der Waals surface area contributed by atoms with Gasteiger partial charge in [0.05, 0.1) is 6.54 Å². The zero-order chi connectivity index (χ0) is 13.9. The van der Waals surface area contributed by atoms with Gasteiger partial charge in [0.25, 0.3) is 0 Å². The summed E-state index contributed by atoms with van der Waals surface area (Å²) in [6, 6.07) is 9.29. The monoisotopic (exact) mass is 284 g/mol. The minimum atomic E-state index is -0.543. The van der Waals surface area contributed by atoms with Crippen molar-refractivity contribution in [3.05, 3.63) is 63.9 Å². The number of pyridine rings is 1. The molecule has 4 nitrogen and oxygen atoms in total. The predicted octanol–water partition coefficient (Wildman–Crippen LogP) is 4.91. The Morgan fingerprint density at radius 3 is 3.05 bits per heavy atom. The summed E-state index contributed by atoms with van der Waals surface area (Å²) in [4.78, 5) is 6.39. The van der Waals surface area contributed by atoms with Crippen LogP contribution in [0.3, 0.4) is 0 Å². The van der Waals surface area contributed by atoms with Gasteiger partial charge in [-0.15, -0.1) is 11.3 Å². The Morgan fingerprint density at radius 2 is 2.20 bits per heavy atom. The lowest BCUT2D eigenvalue weighted by Gasteiger charge is -2.08. The molecule has 0 amide bonds. The van der Waals surface area contributed by atoms with Crippen molar-refractivity contribution in [3.63, 3.8) is 0 Å². The summed E-state index contributed by atoms with van der Waals surface area (Å²) in [7, 11) is 0. The van der Waals surface area contributed by atoms with Gasteiger partial charge in [0.15, 0.2) is 0 Å². The van der Waals surface area contributed by atoms with Crippen molar-refractivity contribution >= 4 is 21.4 Å². The maximum Gasteiger partial charge on any atom is 0.213 e. The summed E-state index contributed by atoms with van der Waals surface area (Å²) < 4.78 is 14.6. The van der Waals surface area contributed by atoms with Crippen molar-refractivity contribution in [3.8, 4) is 11.1 Å². The molecular weight excluding hydrogens is 275 g/mol. The number of rotatable bonds is 3. The highest BCUT2D eigenvalue weighted by Crippen LogP contribution is 2.34. The first kappa shape index (κ1) is 12.6. The molecule has 0 bridgehead atoms. The van der Waals surface area contributed by atoms with Crippen molar-refractivity contribution in [2.75, 3.05) is 0 Å². The van der Waals surface area contributed by atoms with Gasteiger partial charge in [-0.3, -0.25) is 0 Å². The Kier molecular flexibility index (Phi) is 3.33. The molecule has 2 aromatic heterocycles. The number of azide groups is 1. The molecule has 3 rings (SSSR count). The Morgan fingerprint density at radius 1 is 1.30 bits per heavy atom. The quantitative estimate of drug-likeness (QED) is 0.291. The highest BCUT2D eigenvalue weighted by molar-refractivity contribution is 7.17. The van der Waals surface area contributed by atoms with Gasteiger partial charge in [-0.2, -0.15) is 4.39 Å². The maximum absolute atomic E-state index is 13.5. The average Bonchev–Trinajstić information content (AvgIpc) is 2.94. The average molecular weight is 284 g/mol. The first-order valence-corrected chi connectivity index (χ1v) is 6.79. The molecule has 0 saturated carbocycles. The molecule has 98 valence electrons. The van der Waals surface area contributed by atoms with Crippen LogP contribution in [-0.4, -0.2) is 4.98 Å². The largest absolute Gasteiger partial charge is 0.228 e. The second-order valence-corrected chi connectivity index (χ2v) is 5.11. The Bertz CT molecular complexity index is 821. The maximum atomic E-state index is 13.5. The van der Waals surface area contributed by atoms with Gasteiger partial charge in [-0.25, -0.2) is 4.98 Å². The van der Waals surface area contributed by atoms with Crippen molar-refractivity contribution < 1.29 is 4.39 Å². The van der Waals surface area contributed by atoms with E-state index in [1.165, 1.54) is 12.3 Å². The van der Waals surface area contributed by atoms with Crippen LogP contribution in [0.2, 0.25) is 0 Å². The summed E-state index contributed by atoms with van der Waals surface area (Å²) in [6.07, 6.45) is 1.42. The number of hydrogen-bond donors (Lipinski definition) is 0. The van der Waals surface area contributed by atoms with Gasteiger partial charge in [0.1, 0.15) is 0 Å². The van der Waals surface area contributed by atoms with E-state index in [0.29, 0.717) is 5.56 Å². The molecule has 3 aromatic rings. The summed E-state index contributed by atoms with van der Waals surface area (Å²) in [5.41, 5.74) is 10.8. The minimum absolute atomic E-state index is 0.154. The molecule has 6 heteroatoms. The van der Waals surface area contributed by atoms with E-state index < -0.39 is 5.95 Å². The molecule has 0 N–H and O–H groups in total. The van der Waals surface area contributed by atoms with Crippen LogP contribution in [-0.2, 0) is 6.54 Å². The third-order valence-corrected chi connectivity index (χ3v) is 3.99. The van der Waals surface area contributed by atoms with Gasteiger partial charge in [-0.1, -0.05) is 23.3 Å². The highest BCUT2D eigenvalue weighted by Gasteiger charge is 2.11. The van der Waals surface area contributed by atoms with E-state index in [4.69, 9.17) is 5.53 Å². The molecule has 0 aliphatic heterocycles. The fourth-order valence-corrected chi connectivity index (χ4v) is 3.08. The summed E-state index contributed by atoms with van der Waals surface area (Å²) >= 11 is 1.60. The van der Waals surface area contributed by atoms with Crippen LogP contribution < -0.4 is 0 Å². The Hall–Kier alpha value is -2.43. The van der Waals surface area contributed by atoms with Crippen LogP contribution in [0.25, 0.3) is 31.7 Å². The van der Waals surface area contributed by atoms with Crippen LogP contribution in [0, 0.1) is 5.95 Å². The zero-order valence-corrected chi connectivity index (χ0v) is 11.1. The standard InChI is InChI=1S/C14H9FN4S/c15-13-6-12(10(7-17-13)8-18-19-16)11-3-1-2-9-4-5-20-14(9)11/h1-7H,8H2. The van der Waals surface area contributed by atoms with Gasteiger partial charge in [0, 0.05) is 21.9 Å². The fourth-order valence-electron chi connectivity index (χ4n) is 2.15. The molecule has 0 unspecified atom stereocenters. The first-order valence-electron chi connectivity index (χ1n) is 5.91. The van der Waals surface area contributed by atoms with Crippen LogP contribution in [0.5, 0.6) is 0 Å². The van der Waals surface area contributed by atoms with E-state index in [2.05, 4.69) is 15.0 Å². The van der Waals surface area contributed by atoms with Crippen molar-refractivity contribution in [2.24, 2.45) is 5.11 Å². The molecule has 0 radical (unpaired) electrons. The van der Waals surface area contributed by atoms with Crippen molar-refractivity contribution in [1.29, 1.82) is 0 Å². The van der Waals surface area contributed by atoms with Crippen LogP contribution in [0.1, 0.15) is 5.56 Å². The van der Waals surface area contributed by atoms with E-state index in [0.717, 1.165) is 21.2 Å². The van der Waals surface area contributed by atoms with Gasteiger partial charge in [0.2, 0.25) is 5.95 Å². The molecule has 20 heavy (non-hydrogen) atoms. The molecule has 0 saturated heterocycles. The number of nitrogens with zero attached hydrogens (tertiary/aromatic N) is 4. The predicted molar refractivity (Wildman–Crippen MR) is 77.9 cm³/mol. The number of hydrogen-bond acceptors (Lipinski definition) is 3. The van der Waals surface area contributed by atoms with E-state index in [-0.39, 0.29) is 6.54 Å². The van der Waals surface area contributed by atoms with Crippen LogP contribution >= 0.6 is 11.3 Å². The fraction of sp³-hybridized carbons (Fsp3) is 0.0714. The van der Waals surface area contributed by atoms with Crippen LogP contribution in [0.4, 0.5) is 4.39 Å². The van der Waals surface area contributed by atoms with Crippen molar-refractivity contribution in [1.82, 2.24) is 4.98 Å². The van der Waals surface area contributed by atoms with Gasteiger partial charge < -0.3 is 0 Å². The minimum Gasteiger partial charge on any atom is -0.228 e. The number of halogens is 1. The summed E-state index contributed by atoms with van der Waals surface area (Å²) in [5.74, 6) is -0.543. The normalized spacial score (nSPS) is 10.4. The molecule has 0 atom stereocenters. The summed E-state index contributed by atoms with van der Waals surface area (Å²) in [5, 5.41) is 6.66. The molecule has 0 aliphatic rings. The van der Waals surface area contributed by atoms with E-state index >= 15 is 0 Å². The smallest absolute Gasteiger partial charge is 0.213 e. The second-order valence-electron chi connectivity index (χ2n) is 4.20.